The van der Waals surface area contributed by atoms with Crippen LogP contribution in [0.4, 0.5) is 11.8 Å². The van der Waals surface area contributed by atoms with E-state index in [-0.39, 0.29) is 0 Å². The van der Waals surface area contributed by atoms with Crippen molar-refractivity contribution in [2.24, 2.45) is 0 Å². The summed E-state index contributed by atoms with van der Waals surface area (Å²) in [5, 5.41) is 6.14. The van der Waals surface area contributed by atoms with Crippen molar-refractivity contribution in [3.05, 3.63) is 11.8 Å². The molecule has 0 saturated heterocycles. The largest absolute Gasteiger partial charge is 0.370 e. The van der Waals surface area contributed by atoms with E-state index in [1.165, 1.54) is 0 Å². The average molecular weight is 180 g/mol. The Bertz CT molecular complexity index is 272. The van der Waals surface area contributed by atoms with Gasteiger partial charge < -0.3 is 10.6 Å². The Morgan fingerprint density at radius 1 is 1.38 bits per heavy atom. The van der Waals surface area contributed by atoms with Gasteiger partial charge in [-0.3, -0.25) is 0 Å². The smallest absolute Gasteiger partial charge is 0.224 e. The minimum Gasteiger partial charge on any atom is -0.370 e. The molecule has 0 aliphatic rings. The van der Waals surface area contributed by atoms with Crippen LogP contribution in [0.3, 0.4) is 0 Å². The second-order valence-electron chi connectivity index (χ2n) is 2.89. The molecule has 0 atom stereocenters. The maximum Gasteiger partial charge on any atom is 0.224 e. The van der Waals surface area contributed by atoms with Crippen LogP contribution in [-0.2, 0) is 0 Å². The molecule has 1 aromatic rings. The Hall–Kier alpha value is -1.32. The molecule has 0 aliphatic carbocycles. The summed E-state index contributed by atoms with van der Waals surface area (Å²) in [6.07, 6.45) is 1.10. The molecule has 72 valence electrons. The van der Waals surface area contributed by atoms with Crippen molar-refractivity contribution < 1.29 is 0 Å². The summed E-state index contributed by atoms with van der Waals surface area (Å²) in [6.45, 7) is 5.03. The van der Waals surface area contributed by atoms with Crippen LogP contribution in [0.5, 0.6) is 0 Å². The van der Waals surface area contributed by atoms with Crippen molar-refractivity contribution >= 4 is 11.8 Å². The van der Waals surface area contributed by atoms with E-state index in [0.29, 0.717) is 5.95 Å². The lowest BCUT2D eigenvalue weighted by atomic mass is 10.4. The second kappa shape index (κ2) is 4.64. The van der Waals surface area contributed by atoms with E-state index in [1.807, 2.05) is 20.0 Å². The van der Waals surface area contributed by atoms with E-state index >= 15 is 0 Å². The summed E-state index contributed by atoms with van der Waals surface area (Å²) >= 11 is 0. The average Bonchev–Trinajstić information content (AvgIpc) is 2.14. The predicted molar refractivity (Wildman–Crippen MR) is 55.1 cm³/mol. The van der Waals surface area contributed by atoms with Gasteiger partial charge in [0.05, 0.1) is 0 Å². The summed E-state index contributed by atoms with van der Waals surface area (Å²) < 4.78 is 0. The van der Waals surface area contributed by atoms with Gasteiger partial charge in [-0.15, -0.1) is 0 Å². The molecule has 4 heteroatoms. The molecule has 1 aromatic heterocycles. The van der Waals surface area contributed by atoms with Gasteiger partial charge in [-0.05, 0) is 13.3 Å². The summed E-state index contributed by atoms with van der Waals surface area (Å²) in [5.74, 6) is 1.55. The highest BCUT2D eigenvalue weighted by Crippen LogP contribution is 2.08. The molecular weight excluding hydrogens is 164 g/mol. The normalized spacial score (nSPS) is 9.77. The SMILES string of the molecule is CCCNc1cc(C)nc(NC)n1. The summed E-state index contributed by atoms with van der Waals surface area (Å²) in [7, 11) is 1.82. The molecule has 0 aromatic carbocycles. The molecule has 2 N–H and O–H groups in total. The lowest BCUT2D eigenvalue weighted by Crippen LogP contribution is -2.05. The first-order valence-electron chi connectivity index (χ1n) is 4.53. The number of aryl methyl sites for hydroxylation is 1. The number of hydrogen-bond acceptors (Lipinski definition) is 4. The van der Waals surface area contributed by atoms with Gasteiger partial charge in [0, 0.05) is 25.4 Å². The summed E-state index contributed by atoms with van der Waals surface area (Å²) in [6, 6.07) is 1.94. The van der Waals surface area contributed by atoms with Gasteiger partial charge in [-0.1, -0.05) is 6.92 Å². The van der Waals surface area contributed by atoms with Crippen LogP contribution >= 0.6 is 0 Å². The van der Waals surface area contributed by atoms with Crippen molar-refractivity contribution in [1.82, 2.24) is 9.97 Å². The Morgan fingerprint density at radius 3 is 2.77 bits per heavy atom. The fourth-order valence-corrected chi connectivity index (χ4v) is 1.02. The Morgan fingerprint density at radius 2 is 2.15 bits per heavy atom. The van der Waals surface area contributed by atoms with E-state index in [0.717, 1.165) is 24.5 Å². The highest BCUT2D eigenvalue weighted by molar-refractivity contribution is 5.41. The maximum absolute atomic E-state index is 4.26. The van der Waals surface area contributed by atoms with Crippen molar-refractivity contribution in [2.45, 2.75) is 20.3 Å². The quantitative estimate of drug-likeness (QED) is 0.739. The van der Waals surface area contributed by atoms with Crippen molar-refractivity contribution in [2.75, 3.05) is 24.2 Å². The minimum absolute atomic E-state index is 0.665. The zero-order valence-electron chi connectivity index (χ0n) is 8.39. The van der Waals surface area contributed by atoms with E-state index in [2.05, 4.69) is 27.5 Å². The first kappa shape index (κ1) is 9.77. The lowest BCUT2D eigenvalue weighted by Gasteiger charge is -2.06. The van der Waals surface area contributed by atoms with Crippen LogP contribution in [0.1, 0.15) is 19.0 Å². The molecule has 0 aliphatic heterocycles. The third-order valence-electron chi connectivity index (χ3n) is 1.63. The summed E-state index contributed by atoms with van der Waals surface area (Å²) in [4.78, 5) is 8.45. The Labute approximate surface area is 78.8 Å². The third-order valence-corrected chi connectivity index (χ3v) is 1.63. The highest BCUT2D eigenvalue weighted by atomic mass is 15.1. The molecule has 0 saturated carbocycles. The first-order valence-corrected chi connectivity index (χ1v) is 4.53. The van der Waals surface area contributed by atoms with Gasteiger partial charge in [-0.25, -0.2) is 4.98 Å². The standard InChI is InChI=1S/C9H16N4/c1-4-5-11-8-6-7(2)12-9(10-3)13-8/h6H,4-5H2,1-3H3,(H2,10,11,12,13). The van der Waals surface area contributed by atoms with E-state index in [9.17, 15) is 0 Å². The molecule has 0 fully saturated rings. The van der Waals surface area contributed by atoms with Gasteiger partial charge in [0.15, 0.2) is 0 Å². The number of nitrogens with one attached hydrogen (secondary N) is 2. The van der Waals surface area contributed by atoms with Crippen LogP contribution in [0.2, 0.25) is 0 Å². The zero-order chi connectivity index (χ0) is 9.68. The van der Waals surface area contributed by atoms with E-state index < -0.39 is 0 Å². The molecule has 0 radical (unpaired) electrons. The van der Waals surface area contributed by atoms with Gasteiger partial charge in [0.2, 0.25) is 5.95 Å². The fraction of sp³-hybridized carbons (Fsp3) is 0.556. The predicted octanol–water partition coefficient (Wildman–Crippen LogP) is 1.65. The minimum atomic E-state index is 0.665. The second-order valence-corrected chi connectivity index (χ2v) is 2.89. The first-order chi connectivity index (χ1) is 6.26. The molecule has 13 heavy (non-hydrogen) atoms. The molecule has 0 spiro atoms. The van der Waals surface area contributed by atoms with Gasteiger partial charge >= 0.3 is 0 Å². The zero-order valence-corrected chi connectivity index (χ0v) is 8.39. The molecule has 0 amide bonds. The van der Waals surface area contributed by atoms with Crippen molar-refractivity contribution in [3.63, 3.8) is 0 Å². The van der Waals surface area contributed by atoms with Crippen LogP contribution in [0, 0.1) is 6.92 Å². The van der Waals surface area contributed by atoms with Crippen LogP contribution < -0.4 is 10.6 Å². The molecule has 1 rings (SSSR count). The van der Waals surface area contributed by atoms with E-state index in [1.54, 1.807) is 0 Å². The molecule has 0 unspecified atom stereocenters. The van der Waals surface area contributed by atoms with Crippen LogP contribution in [0.15, 0.2) is 6.07 Å². The van der Waals surface area contributed by atoms with E-state index in [4.69, 9.17) is 0 Å². The Balaban J connectivity index is 2.76. The van der Waals surface area contributed by atoms with Crippen LogP contribution in [0.25, 0.3) is 0 Å². The fourth-order valence-electron chi connectivity index (χ4n) is 1.02. The van der Waals surface area contributed by atoms with Crippen molar-refractivity contribution in [3.8, 4) is 0 Å². The maximum atomic E-state index is 4.26. The highest BCUT2D eigenvalue weighted by Gasteiger charge is 1.98. The monoisotopic (exact) mass is 180 g/mol. The third kappa shape index (κ3) is 2.89. The summed E-state index contributed by atoms with van der Waals surface area (Å²) in [5.41, 5.74) is 0.970. The van der Waals surface area contributed by atoms with Gasteiger partial charge in [0.25, 0.3) is 0 Å². The molecular formula is C9H16N4. The molecule has 1 heterocycles. The number of aromatic nitrogens is 2. The van der Waals surface area contributed by atoms with Crippen LogP contribution in [-0.4, -0.2) is 23.6 Å². The number of anilines is 2. The van der Waals surface area contributed by atoms with Crippen molar-refractivity contribution in [1.29, 1.82) is 0 Å². The number of nitrogens with zero attached hydrogens (tertiary/aromatic N) is 2. The molecule has 0 bridgehead atoms. The topological polar surface area (TPSA) is 49.8 Å². The molecule has 4 nitrogen and oxygen atoms in total. The Kier molecular flexibility index (Phi) is 3.49. The number of hydrogen-bond donors (Lipinski definition) is 2. The number of rotatable bonds is 4. The van der Waals surface area contributed by atoms with Gasteiger partial charge in [-0.2, -0.15) is 4.98 Å². The van der Waals surface area contributed by atoms with Gasteiger partial charge in [0.1, 0.15) is 5.82 Å². The lowest BCUT2D eigenvalue weighted by molar-refractivity contribution is 0.961.